The van der Waals surface area contributed by atoms with Gasteiger partial charge in [0.1, 0.15) is 11.5 Å². The molecule has 35 heavy (non-hydrogen) atoms. The molecule has 0 aromatic heterocycles. The normalized spacial score (nSPS) is 15.4. The first kappa shape index (κ1) is 24.8. The smallest absolute Gasteiger partial charge is 0.251 e. The number of amides is 1. The van der Waals surface area contributed by atoms with E-state index in [1.165, 1.54) is 30.4 Å². The van der Waals surface area contributed by atoms with Gasteiger partial charge in [-0.25, -0.2) is 0 Å². The predicted octanol–water partition coefficient (Wildman–Crippen LogP) is 5.65. The Hall–Kier alpha value is -3.31. The lowest BCUT2D eigenvalue weighted by Crippen LogP contribution is -2.33. The minimum Gasteiger partial charge on any atom is -0.497 e. The number of hydrogen-bond acceptors (Lipinski definition) is 4. The lowest BCUT2D eigenvalue weighted by Gasteiger charge is -2.32. The summed E-state index contributed by atoms with van der Waals surface area (Å²) in [6, 6.07) is 24.2. The van der Waals surface area contributed by atoms with Gasteiger partial charge in [0.05, 0.1) is 20.3 Å². The van der Waals surface area contributed by atoms with Gasteiger partial charge in [-0.1, -0.05) is 42.5 Å². The monoisotopic (exact) mass is 472 g/mol. The predicted molar refractivity (Wildman–Crippen MR) is 140 cm³/mol. The van der Waals surface area contributed by atoms with Crippen molar-refractivity contribution in [3.05, 3.63) is 95.1 Å². The minimum absolute atomic E-state index is 0.101. The topological polar surface area (TPSA) is 50.8 Å². The van der Waals surface area contributed by atoms with Gasteiger partial charge in [0.15, 0.2) is 0 Å². The maximum absolute atomic E-state index is 12.9. The number of nitrogens with zero attached hydrogens (tertiary/aromatic N) is 1. The Morgan fingerprint density at radius 2 is 1.66 bits per heavy atom. The van der Waals surface area contributed by atoms with Crippen LogP contribution in [0.1, 0.15) is 52.9 Å². The highest BCUT2D eigenvalue weighted by molar-refractivity contribution is 5.94. The number of nitrogens with one attached hydrogen (secondary N) is 1. The molecule has 3 aromatic rings. The van der Waals surface area contributed by atoms with Gasteiger partial charge in [0, 0.05) is 17.7 Å². The molecule has 3 aromatic carbocycles. The van der Waals surface area contributed by atoms with Crippen molar-refractivity contribution in [2.45, 2.75) is 38.8 Å². The second-order valence-corrected chi connectivity index (χ2v) is 9.41. The molecule has 0 spiro atoms. The highest BCUT2D eigenvalue weighted by Gasteiger charge is 2.20. The third kappa shape index (κ3) is 6.64. The van der Waals surface area contributed by atoms with Gasteiger partial charge in [-0.2, -0.15) is 0 Å². The molecule has 5 heteroatoms. The van der Waals surface area contributed by atoms with E-state index in [0.717, 1.165) is 42.6 Å². The van der Waals surface area contributed by atoms with E-state index in [-0.39, 0.29) is 11.9 Å². The van der Waals surface area contributed by atoms with Gasteiger partial charge in [0.2, 0.25) is 0 Å². The first-order valence-electron chi connectivity index (χ1n) is 12.4. The summed E-state index contributed by atoms with van der Waals surface area (Å²) in [5.41, 5.74) is 4.22. The molecule has 1 amide bonds. The molecule has 0 saturated carbocycles. The molecular formula is C30H36N2O3. The minimum atomic E-state index is -0.218. The van der Waals surface area contributed by atoms with E-state index in [1.54, 1.807) is 14.2 Å². The number of rotatable bonds is 9. The zero-order chi connectivity index (χ0) is 24.6. The fourth-order valence-corrected chi connectivity index (χ4v) is 4.85. The molecule has 0 radical (unpaired) electrons. The standard InChI is InChI=1S/C30H36N2O3/c1-22(28-20-27(34-2)13-14-29(28)35-3)31-30(33)26-11-9-25(10-12-26)21-32-17-15-24(16-18-32)19-23-7-5-4-6-8-23/h4-14,20,22,24H,15-19,21H2,1-3H3,(H,31,33)/t22-/m0/s1. The van der Waals surface area contributed by atoms with E-state index in [2.05, 4.69) is 52.7 Å². The Balaban J connectivity index is 1.28. The highest BCUT2D eigenvalue weighted by atomic mass is 16.5. The summed E-state index contributed by atoms with van der Waals surface area (Å²) < 4.78 is 10.8. The number of hydrogen-bond donors (Lipinski definition) is 1. The summed E-state index contributed by atoms with van der Waals surface area (Å²) >= 11 is 0. The Morgan fingerprint density at radius 1 is 0.943 bits per heavy atom. The average Bonchev–Trinajstić information content (AvgIpc) is 2.90. The van der Waals surface area contributed by atoms with Crippen molar-refractivity contribution in [3.63, 3.8) is 0 Å². The van der Waals surface area contributed by atoms with E-state index in [9.17, 15) is 4.79 Å². The van der Waals surface area contributed by atoms with Gasteiger partial charge >= 0.3 is 0 Å². The zero-order valence-corrected chi connectivity index (χ0v) is 21.0. The van der Waals surface area contributed by atoms with Crippen LogP contribution in [0, 0.1) is 5.92 Å². The van der Waals surface area contributed by atoms with Gasteiger partial charge in [-0.3, -0.25) is 9.69 Å². The number of carbonyl (C=O) groups excluding carboxylic acids is 1. The van der Waals surface area contributed by atoms with Crippen LogP contribution in [0.3, 0.4) is 0 Å². The lowest BCUT2D eigenvalue weighted by atomic mass is 9.90. The maximum Gasteiger partial charge on any atom is 0.251 e. The van der Waals surface area contributed by atoms with E-state index in [1.807, 2.05) is 37.3 Å². The van der Waals surface area contributed by atoms with Crippen LogP contribution in [-0.4, -0.2) is 38.1 Å². The van der Waals surface area contributed by atoms with Gasteiger partial charge in [-0.15, -0.1) is 0 Å². The zero-order valence-electron chi connectivity index (χ0n) is 21.0. The van der Waals surface area contributed by atoms with E-state index >= 15 is 0 Å². The summed E-state index contributed by atoms with van der Waals surface area (Å²) in [6.45, 7) is 5.13. The summed E-state index contributed by atoms with van der Waals surface area (Å²) in [5.74, 6) is 2.12. The Kier molecular flexibility index (Phi) is 8.43. The third-order valence-electron chi connectivity index (χ3n) is 6.95. The molecule has 1 saturated heterocycles. The molecule has 1 atom stereocenters. The van der Waals surface area contributed by atoms with Crippen LogP contribution in [0.25, 0.3) is 0 Å². The molecule has 1 fully saturated rings. The Bertz CT molecular complexity index is 1090. The number of ether oxygens (including phenoxy) is 2. The van der Waals surface area contributed by atoms with Crippen molar-refractivity contribution in [3.8, 4) is 11.5 Å². The SMILES string of the molecule is COc1ccc(OC)c([C@H](C)NC(=O)c2ccc(CN3CCC(Cc4ccccc4)CC3)cc2)c1. The Labute approximate surface area is 209 Å². The van der Waals surface area contributed by atoms with Crippen molar-refractivity contribution in [2.75, 3.05) is 27.3 Å². The van der Waals surface area contributed by atoms with Crippen LogP contribution in [-0.2, 0) is 13.0 Å². The second kappa shape index (κ2) is 11.9. The number of benzene rings is 3. The first-order valence-corrected chi connectivity index (χ1v) is 12.4. The molecule has 1 heterocycles. The number of likely N-dealkylation sites (tertiary alicyclic amines) is 1. The number of piperidine rings is 1. The summed E-state index contributed by atoms with van der Waals surface area (Å²) in [6.07, 6.45) is 3.65. The van der Waals surface area contributed by atoms with E-state index in [0.29, 0.717) is 5.56 Å². The summed E-state index contributed by atoms with van der Waals surface area (Å²) in [5, 5.41) is 3.08. The third-order valence-corrected chi connectivity index (χ3v) is 6.95. The van der Waals surface area contributed by atoms with Crippen molar-refractivity contribution in [1.29, 1.82) is 0 Å². The molecule has 0 unspecified atom stereocenters. The maximum atomic E-state index is 12.9. The highest BCUT2D eigenvalue weighted by Crippen LogP contribution is 2.29. The van der Waals surface area contributed by atoms with E-state index in [4.69, 9.17) is 9.47 Å². The molecule has 184 valence electrons. The fourth-order valence-electron chi connectivity index (χ4n) is 4.85. The van der Waals surface area contributed by atoms with Gasteiger partial charge in [0.25, 0.3) is 5.91 Å². The summed E-state index contributed by atoms with van der Waals surface area (Å²) in [7, 11) is 3.26. The molecular weight excluding hydrogens is 436 g/mol. The molecule has 0 bridgehead atoms. The van der Waals surface area contributed by atoms with Crippen LogP contribution in [0.2, 0.25) is 0 Å². The van der Waals surface area contributed by atoms with Gasteiger partial charge in [-0.05, 0) is 86.7 Å². The van der Waals surface area contributed by atoms with Crippen LogP contribution >= 0.6 is 0 Å². The second-order valence-electron chi connectivity index (χ2n) is 9.41. The van der Waals surface area contributed by atoms with Crippen molar-refractivity contribution in [2.24, 2.45) is 5.92 Å². The largest absolute Gasteiger partial charge is 0.497 e. The van der Waals surface area contributed by atoms with Crippen molar-refractivity contribution < 1.29 is 14.3 Å². The number of methoxy groups -OCH3 is 2. The van der Waals surface area contributed by atoms with Crippen molar-refractivity contribution in [1.82, 2.24) is 10.2 Å². The van der Waals surface area contributed by atoms with Crippen LogP contribution in [0.4, 0.5) is 0 Å². The van der Waals surface area contributed by atoms with Crippen molar-refractivity contribution >= 4 is 5.91 Å². The molecule has 1 aliphatic heterocycles. The fraction of sp³-hybridized carbons (Fsp3) is 0.367. The first-order chi connectivity index (χ1) is 17.1. The van der Waals surface area contributed by atoms with Crippen LogP contribution in [0.15, 0.2) is 72.8 Å². The molecule has 1 aliphatic rings. The molecule has 4 rings (SSSR count). The van der Waals surface area contributed by atoms with E-state index < -0.39 is 0 Å². The van der Waals surface area contributed by atoms with Gasteiger partial charge < -0.3 is 14.8 Å². The molecule has 1 N–H and O–H groups in total. The summed E-state index contributed by atoms with van der Waals surface area (Å²) in [4.78, 5) is 15.4. The van der Waals surface area contributed by atoms with Crippen LogP contribution < -0.4 is 14.8 Å². The lowest BCUT2D eigenvalue weighted by molar-refractivity contribution is 0.0939. The molecule has 0 aliphatic carbocycles. The molecule has 5 nitrogen and oxygen atoms in total. The number of carbonyl (C=O) groups is 1. The van der Waals surface area contributed by atoms with Crippen LogP contribution in [0.5, 0.6) is 11.5 Å². The quantitative estimate of drug-likeness (QED) is 0.437. The average molecular weight is 473 g/mol. The Morgan fingerprint density at radius 3 is 2.31 bits per heavy atom.